The molecule has 1 aromatic carbocycles. The molecule has 2 aromatic rings. The SMILES string of the molecule is Cc1cc(C(=O)N[C@@H]2CCC3(O)C4Cc5ccc(O)c6c5[C@@]3(CCN4CC3CC3)[C@H]2O6)ccn1.Cl. The van der Waals surface area contributed by atoms with Crippen molar-refractivity contribution in [3.05, 3.63) is 52.8 Å². The Kier molecular flexibility index (Phi) is 5.16. The minimum Gasteiger partial charge on any atom is -0.504 e. The van der Waals surface area contributed by atoms with Gasteiger partial charge in [-0.3, -0.25) is 14.7 Å². The van der Waals surface area contributed by atoms with E-state index >= 15 is 0 Å². The average molecular weight is 498 g/mol. The van der Waals surface area contributed by atoms with Crippen molar-refractivity contribution in [1.82, 2.24) is 15.2 Å². The van der Waals surface area contributed by atoms with Crippen LogP contribution in [0.3, 0.4) is 0 Å². The zero-order valence-electron chi connectivity index (χ0n) is 19.9. The number of carbonyl (C=O) groups excluding carboxylic acids is 1. The maximum Gasteiger partial charge on any atom is 0.251 e. The third-order valence-corrected chi connectivity index (χ3v) is 9.24. The molecule has 2 unspecified atom stereocenters. The summed E-state index contributed by atoms with van der Waals surface area (Å²) in [7, 11) is 0. The zero-order chi connectivity index (χ0) is 23.2. The highest BCUT2D eigenvalue weighted by Crippen LogP contribution is 2.65. The zero-order valence-corrected chi connectivity index (χ0v) is 20.7. The van der Waals surface area contributed by atoms with Gasteiger partial charge in [0.15, 0.2) is 11.5 Å². The molecule has 1 spiro atoms. The number of hydrogen-bond acceptors (Lipinski definition) is 6. The van der Waals surface area contributed by atoms with Crippen LogP contribution in [0.25, 0.3) is 0 Å². The number of aliphatic hydroxyl groups is 1. The summed E-state index contributed by atoms with van der Waals surface area (Å²) in [5.74, 6) is 1.24. The molecule has 7 nitrogen and oxygen atoms in total. The Balaban J connectivity index is 0.00000229. The summed E-state index contributed by atoms with van der Waals surface area (Å²) < 4.78 is 6.52. The number of hydrogen-bond donors (Lipinski definition) is 3. The van der Waals surface area contributed by atoms with Crippen LogP contribution in [0.4, 0.5) is 0 Å². The van der Waals surface area contributed by atoms with E-state index in [0.717, 1.165) is 43.1 Å². The molecular formula is C27H32ClN3O4. The van der Waals surface area contributed by atoms with Gasteiger partial charge in [0.1, 0.15) is 6.10 Å². The van der Waals surface area contributed by atoms with Crippen molar-refractivity contribution in [2.24, 2.45) is 5.92 Å². The molecule has 0 radical (unpaired) electrons. The number of ether oxygens (including phenoxy) is 1. The number of halogens is 1. The Morgan fingerprint density at radius 1 is 1.26 bits per heavy atom. The number of phenols is 1. The Bertz CT molecular complexity index is 1200. The van der Waals surface area contributed by atoms with E-state index in [1.165, 1.54) is 18.4 Å². The van der Waals surface area contributed by atoms with E-state index in [1.807, 2.05) is 13.0 Å². The van der Waals surface area contributed by atoms with Gasteiger partial charge in [-0.15, -0.1) is 12.4 Å². The van der Waals surface area contributed by atoms with Crippen molar-refractivity contribution in [2.75, 3.05) is 13.1 Å². The number of aromatic nitrogens is 1. The van der Waals surface area contributed by atoms with Crippen molar-refractivity contribution in [3.8, 4) is 11.5 Å². The molecule has 5 aliphatic rings. The average Bonchev–Trinajstić information content (AvgIpc) is 3.56. The number of rotatable bonds is 4. The van der Waals surface area contributed by atoms with Crippen LogP contribution in [0.1, 0.15) is 59.3 Å². The molecule has 2 aliphatic heterocycles. The van der Waals surface area contributed by atoms with Gasteiger partial charge in [-0.05, 0) is 81.7 Å². The van der Waals surface area contributed by atoms with Gasteiger partial charge in [-0.25, -0.2) is 0 Å². The van der Waals surface area contributed by atoms with E-state index in [-0.39, 0.29) is 36.1 Å². The molecule has 3 N–H and O–H groups in total. The molecule has 3 fully saturated rings. The van der Waals surface area contributed by atoms with Gasteiger partial charge in [-0.2, -0.15) is 0 Å². The maximum absolute atomic E-state index is 13.2. The van der Waals surface area contributed by atoms with Crippen LogP contribution in [0.2, 0.25) is 0 Å². The third kappa shape index (κ3) is 3.11. The molecule has 7 rings (SSSR count). The highest BCUT2D eigenvalue weighted by molar-refractivity contribution is 5.94. The first-order valence-electron chi connectivity index (χ1n) is 12.6. The number of amides is 1. The van der Waals surface area contributed by atoms with Crippen LogP contribution in [-0.4, -0.2) is 62.9 Å². The second kappa shape index (κ2) is 7.82. The number of piperidine rings is 1. The topological polar surface area (TPSA) is 94.9 Å². The second-order valence-electron chi connectivity index (χ2n) is 11.1. The van der Waals surface area contributed by atoms with Crippen molar-refractivity contribution >= 4 is 18.3 Å². The van der Waals surface area contributed by atoms with Gasteiger partial charge in [-0.1, -0.05) is 6.07 Å². The fourth-order valence-corrected chi connectivity index (χ4v) is 7.57. The fourth-order valence-electron chi connectivity index (χ4n) is 7.57. The minimum absolute atomic E-state index is 0. The first kappa shape index (κ1) is 23.1. The lowest BCUT2D eigenvalue weighted by atomic mass is 9.48. The number of nitrogens with zero attached hydrogens (tertiary/aromatic N) is 2. The lowest BCUT2D eigenvalue weighted by Gasteiger charge is -2.64. The highest BCUT2D eigenvalue weighted by Gasteiger charge is 2.73. The number of aryl methyl sites for hydroxylation is 1. The second-order valence-corrected chi connectivity index (χ2v) is 11.1. The fraction of sp³-hybridized carbons (Fsp3) is 0.556. The standard InChI is InChI=1S/C27H31N3O4.ClH/c1-15-12-18(7-10-28-15)25(32)29-19-6-8-27(33)21-13-17-4-5-20(31)23-22(17)26(27,24(19)34-23)9-11-30(21)14-16-2-3-16;/h4-5,7,10,12,16,19,21,24,31,33H,2-3,6,8-9,11,13-14H2,1H3,(H,29,32);1H/t19-,21?,24+,26+,27?;/m1./s1. The molecule has 8 heteroatoms. The lowest BCUT2D eigenvalue weighted by molar-refractivity contribution is -0.191. The smallest absolute Gasteiger partial charge is 0.251 e. The highest BCUT2D eigenvalue weighted by atomic mass is 35.5. The van der Waals surface area contributed by atoms with Crippen LogP contribution in [0.5, 0.6) is 11.5 Å². The first-order valence-corrected chi connectivity index (χ1v) is 12.6. The predicted molar refractivity (Wildman–Crippen MR) is 132 cm³/mol. The van der Waals surface area contributed by atoms with Gasteiger partial charge in [0.2, 0.25) is 0 Å². The van der Waals surface area contributed by atoms with Crippen LogP contribution >= 0.6 is 12.4 Å². The van der Waals surface area contributed by atoms with Gasteiger partial charge in [0, 0.05) is 35.6 Å². The summed E-state index contributed by atoms with van der Waals surface area (Å²) in [5, 5.41) is 26.4. The minimum atomic E-state index is -0.939. The molecule has 3 heterocycles. The molecule has 1 aromatic heterocycles. The first-order chi connectivity index (χ1) is 16.4. The van der Waals surface area contributed by atoms with Crippen LogP contribution in [0.15, 0.2) is 30.5 Å². The number of phenolic OH excluding ortho intramolecular Hbond substituents is 1. The number of pyridine rings is 1. The monoisotopic (exact) mass is 497 g/mol. The Morgan fingerprint density at radius 2 is 2.09 bits per heavy atom. The van der Waals surface area contributed by atoms with Gasteiger partial charge in [0.25, 0.3) is 5.91 Å². The van der Waals surface area contributed by atoms with Crippen molar-refractivity contribution in [1.29, 1.82) is 0 Å². The molecule has 1 amide bonds. The van der Waals surface area contributed by atoms with E-state index in [2.05, 4.69) is 15.2 Å². The maximum atomic E-state index is 13.2. The van der Waals surface area contributed by atoms with Crippen LogP contribution in [0, 0.1) is 12.8 Å². The lowest BCUT2D eigenvalue weighted by Crippen LogP contribution is -2.78. The predicted octanol–water partition coefficient (Wildman–Crippen LogP) is 2.88. The number of likely N-dealkylation sites (tertiary alicyclic amines) is 1. The summed E-state index contributed by atoms with van der Waals surface area (Å²) >= 11 is 0. The number of nitrogens with one attached hydrogen (secondary N) is 1. The molecule has 5 atom stereocenters. The summed E-state index contributed by atoms with van der Waals surface area (Å²) in [6.07, 6.45) is 6.59. The van der Waals surface area contributed by atoms with Crippen molar-refractivity contribution < 1.29 is 19.7 Å². The summed E-state index contributed by atoms with van der Waals surface area (Å²) in [6.45, 7) is 3.83. The number of carbonyl (C=O) groups is 1. The molecule has 1 saturated heterocycles. The van der Waals surface area contributed by atoms with E-state index in [0.29, 0.717) is 24.2 Å². The van der Waals surface area contributed by atoms with Crippen LogP contribution in [-0.2, 0) is 11.8 Å². The van der Waals surface area contributed by atoms with E-state index in [9.17, 15) is 15.0 Å². The Hall–Kier alpha value is -2.35. The molecule has 3 aliphatic carbocycles. The van der Waals surface area contributed by atoms with Gasteiger partial charge < -0.3 is 20.3 Å². The summed E-state index contributed by atoms with van der Waals surface area (Å²) in [6, 6.07) is 7.03. The number of benzene rings is 1. The van der Waals surface area contributed by atoms with Crippen LogP contribution < -0.4 is 10.1 Å². The summed E-state index contributed by atoms with van der Waals surface area (Å²) in [5.41, 5.74) is 1.96. The Morgan fingerprint density at radius 3 is 2.86 bits per heavy atom. The Labute approximate surface area is 211 Å². The molecular weight excluding hydrogens is 466 g/mol. The normalized spacial score (nSPS) is 34.4. The summed E-state index contributed by atoms with van der Waals surface area (Å²) in [4.78, 5) is 19.9. The quantitative estimate of drug-likeness (QED) is 0.601. The van der Waals surface area contributed by atoms with Crippen molar-refractivity contribution in [2.45, 2.75) is 74.7 Å². The molecule has 2 saturated carbocycles. The largest absolute Gasteiger partial charge is 0.504 e. The van der Waals surface area contributed by atoms with Gasteiger partial charge >= 0.3 is 0 Å². The van der Waals surface area contributed by atoms with E-state index in [4.69, 9.17) is 4.74 Å². The van der Waals surface area contributed by atoms with E-state index < -0.39 is 17.1 Å². The molecule has 2 bridgehead atoms. The number of aromatic hydroxyl groups is 1. The van der Waals surface area contributed by atoms with Gasteiger partial charge in [0.05, 0.1) is 17.1 Å². The molecule has 186 valence electrons. The van der Waals surface area contributed by atoms with E-state index in [1.54, 1.807) is 24.4 Å². The third-order valence-electron chi connectivity index (χ3n) is 9.24. The molecule has 35 heavy (non-hydrogen) atoms. The van der Waals surface area contributed by atoms with Crippen molar-refractivity contribution in [3.63, 3.8) is 0 Å².